The summed E-state index contributed by atoms with van der Waals surface area (Å²) < 4.78 is 0. The van der Waals surface area contributed by atoms with Crippen LogP contribution in [0.4, 0.5) is 17.2 Å². The summed E-state index contributed by atoms with van der Waals surface area (Å²) in [6, 6.07) is 9.87. The van der Waals surface area contributed by atoms with Crippen LogP contribution in [0.5, 0.6) is 0 Å². The predicted octanol–water partition coefficient (Wildman–Crippen LogP) is 2.63. The van der Waals surface area contributed by atoms with Crippen LogP contribution in [0.15, 0.2) is 36.7 Å². The van der Waals surface area contributed by atoms with Gasteiger partial charge in [0.1, 0.15) is 17.8 Å². The Morgan fingerprint density at radius 3 is 2.80 bits per heavy atom. The van der Waals surface area contributed by atoms with Gasteiger partial charge in [-0.2, -0.15) is 0 Å². The fourth-order valence-electron chi connectivity index (χ4n) is 2.41. The minimum absolute atomic E-state index is 0.373. The van der Waals surface area contributed by atoms with Crippen molar-refractivity contribution >= 4 is 23.5 Å². The summed E-state index contributed by atoms with van der Waals surface area (Å²) in [6.07, 6.45) is 4.61. The lowest BCUT2D eigenvalue weighted by molar-refractivity contribution is 0.111. The number of aromatic nitrogens is 2. The fraction of sp³-hybridized carbons (Fsp3) is 0.267. The van der Waals surface area contributed by atoms with E-state index in [9.17, 15) is 4.79 Å². The minimum Gasteiger partial charge on any atom is -0.371 e. The molecule has 1 aromatic carbocycles. The lowest BCUT2D eigenvalue weighted by atomic mass is 10.2. The van der Waals surface area contributed by atoms with Crippen LogP contribution in [-0.2, 0) is 0 Å². The number of nitrogens with one attached hydrogen (secondary N) is 1. The molecule has 2 aromatic rings. The molecule has 1 aromatic heterocycles. The molecule has 0 amide bonds. The highest BCUT2D eigenvalue weighted by Gasteiger charge is 2.12. The Morgan fingerprint density at radius 1 is 1.15 bits per heavy atom. The molecule has 5 heteroatoms. The van der Waals surface area contributed by atoms with Crippen molar-refractivity contribution in [1.82, 2.24) is 9.97 Å². The molecule has 0 bridgehead atoms. The highest BCUT2D eigenvalue weighted by molar-refractivity contribution is 5.74. The molecule has 1 aliphatic heterocycles. The largest absolute Gasteiger partial charge is 0.371 e. The van der Waals surface area contributed by atoms with E-state index in [2.05, 4.69) is 32.3 Å². The Balaban J connectivity index is 1.79. The number of hydrogen-bond donors (Lipinski definition) is 1. The third-order valence-corrected chi connectivity index (χ3v) is 3.40. The molecule has 0 atom stereocenters. The Hall–Kier alpha value is -2.43. The molecule has 5 nitrogen and oxygen atoms in total. The summed E-state index contributed by atoms with van der Waals surface area (Å²) in [7, 11) is 0. The van der Waals surface area contributed by atoms with Gasteiger partial charge in [-0.05, 0) is 31.0 Å². The number of carbonyl (C=O) groups excluding carboxylic acids is 1. The molecule has 1 N–H and O–H groups in total. The van der Waals surface area contributed by atoms with E-state index >= 15 is 0 Å². The van der Waals surface area contributed by atoms with Gasteiger partial charge < -0.3 is 10.2 Å². The second kappa shape index (κ2) is 5.69. The van der Waals surface area contributed by atoms with Crippen LogP contribution in [0.25, 0.3) is 0 Å². The number of hydrogen-bond acceptors (Lipinski definition) is 5. The summed E-state index contributed by atoms with van der Waals surface area (Å²) in [5.74, 6) is 0.626. The third-order valence-electron chi connectivity index (χ3n) is 3.40. The number of carbonyl (C=O) groups is 1. The maximum atomic E-state index is 10.7. The summed E-state index contributed by atoms with van der Waals surface area (Å²) in [4.78, 5) is 21.1. The van der Waals surface area contributed by atoms with E-state index < -0.39 is 0 Å². The fourth-order valence-corrected chi connectivity index (χ4v) is 2.41. The summed E-state index contributed by atoms with van der Waals surface area (Å²) in [5, 5.41) is 3.21. The van der Waals surface area contributed by atoms with Gasteiger partial charge in [-0.3, -0.25) is 4.79 Å². The van der Waals surface area contributed by atoms with Gasteiger partial charge in [0, 0.05) is 30.5 Å². The van der Waals surface area contributed by atoms with Gasteiger partial charge in [0.15, 0.2) is 6.29 Å². The highest BCUT2D eigenvalue weighted by atomic mass is 16.1. The standard InChI is InChI=1S/C15H16N4O/c20-10-13-9-15(17-11-16-13)18-12-4-3-5-14(8-12)19-6-1-2-7-19/h3-5,8-11H,1-2,6-7H2,(H,16,17,18). The minimum atomic E-state index is 0.373. The van der Waals surface area contributed by atoms with E-state index in [1.807, 2.05) is 12.1 Å². The summed E-state index contributed by atoms with van der Waals surface area (Å²) >= 11 is 0. The first kappa shape index (κ1) is 12.6. The molecule has 102 valence electrons. The summed E-state index contributed by atoms with van der Waals surface area (Å²) in [6.45, 7) is 2.23. The molecule has 0 saturated carbocycles. The van der Waals surface area contributed by atoms with Crippen LogP contribution >= 0.6 is 0 Å². The zero-order chi connectivity index (χ0) is 13.8. The van der Waals surface area contributed by atoms with Crippen molar-refractivity contribution < 1.29 is 4.79 Å². The van der Waals surface area contributed by atoms with Crippen molar-refractivity contribution in [1.29, 1.82) is 0 Å². The quantitative estimate of drug-likeness (QED) is 0.864. The average Bonchev–Trinajstić information content (AvgIpc) is 3.02. The van der Waals surface area contributed by atoms with Crippen LogP contribution in [-0.4, -0.2) is 29.3 Å². The van der Waals surface area contributed by atoms with Crippen molar-refractivity contribution in [2.24, 2.45) is 0 Å². The first-order chi connectivity index (χ1) is 9.85. The Kier molecular flexibility index (Phi) is 3.58. The van der Waals surface area contributed by atoms with E-state index in [1.165, 1.54) is 24.9 Å². The smallest absolute Gasteiger partial charge is 0.168 e. The van der Waals surface area contributed by atoms with Crippen LogP contribution < -0.4 is 10.2 Å². The molecule has 0 spiro atoms. The predicted molar refractivity (Wildman–Crippen MR) is 78.6 cm³/mol. The maximum Gasteiger partial charge on any atom is 0.168 e. The van der Waals surface area contributed by atoms with Crippen LogP contribution in [0.3, 0.4) is 0 Å². The molecule has 20 heavy (non-hydrogen) atoms. The topological polar surface area (TPSA) is 58.1 Å². The third kappa shape index (κ3) is 2.77. The molecule has 2 heterocycles. The van der Waals surface area contributed by atoms with Gasteiger partial charge in [-0.15, -0.1) is 0 Å². The number of nitrogens with zero attached hydrogens (tertiary/aromatic N) is 3. The SMILES string of the molecule is O=Cc1cc(Nc2cccc(N3CCCC3)c2)ncn1. The van der Waals surface area contributed by atoms with Gasteiger partial charge >= 0.3 is 0 Å². The molecule has 0 unspecified atom stereocenters. The van der Waals surface area contributed by atoms with Gasteiger partial charge in [-0.25, -0.2) is 9.97 Å². The zero-order valence-electron chi connectivity index (χ0n) is 11.1. The molecule has 1 aliphatic rings. The summed E-state index contributed by atoms with van der Waals surface area (Å²) in [5.41, 5.74) is 2.56. The first-order valence-electron chi connectivity index (χ1n) is 6.74. The second-order valence-corrected chi connectivity index (χ2v) is 4.82. The second-order valence-electron chi connectivity index (χ2n) is 4.82. The number of aldehydes is 1. The number of benzene rings is 1. The molecule has 1 saturated heterocycles. The normalized spacial score (nSPS) is 14.3. The van der Waals surface area contributed by atoms with Crippen molar-refractivity contribution in [3.63, 3.8) is 0 Å². The molecular weight excluding hydrogens is 252 g/mol. The van der Waals surface area contributed by atoms with E-state index in [1.54, 1.807) is 6.07 Å². The van der Waals surface area contributed by atoms with Gasteiger partial charge in [-0.1, -0.05) is 6.07 Å². The lowest BCUT2D eigenvalue weighted by Gasteiger charge is -2.18. The number of rotatable bonds is 4. The molecule has 1 fully saturated rings. The number of anilines is 3. The van der Waals surface area contributed by atoms with Gasteiger partial charge in [0.2, 0.25) is 0 Å². The molecule has 0 aliphatic carbocycles. The molecule has 0 radical (unpaired) electrons. The van der Waals surface area contributed by atoms with Crippen molar-refractivity contribution in [3.05, 3.63) is 42.4 Å². The van der Waals surface area contributed by atoms with Crippen molar-refractivity contribution in [3.8, 4) is 0 Å². The Labute approximate surface area is 117 Å². The maximum absolute atomic E-state index is 10.7. The van der Waals surface area contributed by atoms with Crippen LogP contribution in [0, 0.1) is 0 Å². The van der Waals surface area contributed by atoms with Gasteiger partial charge in [0.05, 0.1) is 0 Å². The van der Waals surface area contributed by atoms with Crippen LogP contribution in [0.1, 0.15) is 23.3 Å². The van der Waals surface area contributed by atoms with E-state index in [0.717, 1.165) is 18.8 Å². The zero-order valence-corrected chi connectivity index (χ0v) is 11.1. The van der Waals surface area contributed by atoms with Crippen molar-refractivity contribution in [2.45, 2.75) is 12.8 Å². The molecule has 3 rings (SSSR count). The first-order valence-corrected chi connectivity index (χ1v) is 6.74. The lowest BCUT2D eigenvalue weighted by Crippen LogP contribution is -2.17. The monoisotopic (exact) mass is 268 g/mol. The van der Waals surface area contributed by atoms with Crippen molar-refractivity contribution in [2.75, 3.05) is 23.3 Å². The Bertz CT molecular complexity index is 608. The van der Waals surface area contributed by atoms with Crippen LogP contribution in [0.2, 0.25) is 0 Å². The van der Waals surface area contributed by atoms with E-state index in [0.29, 0.717) is 17.8 Å². The Morgan fingerprint density at radius 2 is 2.00 bits per heavy atom. The molecular formula is C15H16N4O. The van der Waals surface area contributed by atoms with E-state index in [4.69, 9.17) is 0 Å². The highest BCUT2D eigenvalue weighted by Crippen LogP contribution is 2.24. The van der Waals surface area contributed by atoms with E-state index in [-0.39, 0.29) is 0 Å². The van der Waals surface area contributed by atoms with Gasteiger partial charge in [0.25, 0.3) is 0 Å². The average molecular weight is 268 g/mol.